The van der Waals surface area contributed by atoms with Gasteiger partial charge in [-0.05, 0) is 61.7 Å². The third-order valence-corrected chi connectivity index (χ3v) is 9.41. The van der Waals surface area contributed by atoms with Crippen molar-refractivity contribution >= 4 is 42.6 Å². The number of halogens is 1. The van der Waals surface area contributed by atoms with Gasteiger partial charge in [0.05, 0.1) is 28.3 Å². The second-order valence-electron chi connectivity index (χ2n) is 9.30. The fourth-order valence-electron chi connectivity index (χ4n) is 4.49. The lowest BCUT2D eigenvalue weighted by Crippen LogP contribution is -2.39. The maximum Gasteiger partial charge on any atom is 0.260 e. The van der Waals surface area contributed by atoms with Crippen LogP contribution in [0.3, 0.4) is 0 Å². The van der Waals surface area contributed by atoms with Crippen molar-refractivity contribution in [2.45, 2.75) is 38.0 Å². The van der Waals surface area contributed by atoms with Gasteiger partial charge in [0, 0.05) is 44.8 Å². The Balaban J connectivity index is 1.57. The molecule has 8 nitrogen and oxygen atoms in total. The zero-order valence-corrected chi connectivity index (χ0v) is 23.6. The highest BCUT2D eigenvalue weighted by atomic mass is 32.2. The van der Waals surface area contributed by atoms with Crippen LogP contribution in [0.5, 0.6) is 0 Å². The van der Waals surface area contributed by atoms with Crippen LogP contribution in [0.1, 0.15) is 43.5 Å². The topological polar surface area (TPSA) is 83.1 Å². The molecule has 3 aromatic rings. The van der Waals surface area contributed by atoms with E-state index in [2.05, 4.69) is 9.88 Å². The maximum absolute atomic E-state index is 13.8. The molecule has 0 bridgehead atoms. The Hall–Kier alpha value is -2.44. The molecule has 1 saturated heterocycles. The van der Waals surface area contributed by atoms with Gasteiger partial charge in [0.1, 0.15) is 5.82 Å². The summed E-state index contributed by atoms with van der Waals surface area (Å²) in [6, 6.07) is 10.5. The first-order chi connectivity index (χ1) is 18.3. The highest BCUT2D eigenvalue weighted by Gasteiger charge is 2.25. The number of aromatic nitrogens is 1. The summed E-state index contributed by atoms with van der Waals surface area (Å²) < 4.78 is 47.7. The second kappa shape index (κ2) is 13.1. The summed E-state index contributed by atoms with van der Waals surface area (Å²) >= 11 is 1.27. The lowest BCUT2D eigenvalue weighted by Gasteiger charge is -2.27. The van der Waals surface area contributed by atoms with Crippen molar-refractivity contribution in [3.63, 3.8) is 0 Å². The molecule has 4 rings (SSSR count). The van der Waals surface area contributed by atoms with Gasteiger partial charge in [0.2, 0.25) is 10.0 Å². The first-order valence-corrected chi connectivity index (χ1v) is 15.4. The Morgan fingerprint density at radius 1 is 1.05 bits per heavy atom. The van der Waals surface area contributed by atoms with Crippen molar-refractivity contribution in [2.75, 3.05) is 57.4 Å². The number of morpholine rings is 1. The molecule has 0 atom stereocenters. The van der Waals surface area contributed by atoms with Crippen LogP contribution in [0.4, 0.5) is 9.52 Å². The normalized spacial score (nSPS) is 14.8. The van der Waals surface area contributed by atoms with Crippen LogP contribution in [0.15, 0.2) is 47.4 Å². The fourth-order valence-corrected chi connectivity index (χ4v) is 7.13. The number of thiazole rings is 1. The number of carbonyl (C=O) groups excluding carboxylic acids is 1. The van der Waals surface area contributed by atoms with E-state index in [0.29, 0.717) is 53.8 Å². The second-order valence-corrected chi connectivity index (χ2v) is 12.2. The van der Waals surface area contributed by atoms with E-state index < -0.39 is 10.0 Å². The Labute approximate surface area is 228 Å². The average molecular weight is 563 g/mol. The number of carbonyl (C=O) groups is 1. The van der Waals surface area contributed by atoms with E-state index in [1.807, 2.05) is 13.8 Å². The third-order valence-electron chi connectivity index (χ3n) is 6.46. The molecule has 206 valence electrons. The number of hydrogen-bond acceptors (Lipinski definition) is 7. The largest absolute Gasteiger partial charge is 0.379 e. The summed E-state index contributed by atoms with van der Waals surface area (Å²) in [5, 5.41) is 0.492. The van der Waals surface area contributed by atoms with Crippen molar-refractivity contribution in [3.8, 4) is 0 Å². The summed E-state index contributed by atoms with van der Waals surface area (Å²) in [7, 11) is -3.64. The van der Waals surface area contributed by atoms with E-state index in [1.165, 1.54) is 39.9 Å². The molecule has 38 heavy (non-hydrogen) atoms. The minimum absolute atomic E-state index is 0.172. The third kappa shape index (κ3) is 6.76. The molecule has 0 saturated carbocycles. The average Bonchev–Trinajstić information content (AvgIpc) is 3.34. The summed E-state index contributed by atoms with van der Waals surface area (Å²) in [5.74, 6) is -0.621. The Kier molecular flexibility index (Phi) is 9.83. The number of rotatable bonds is 12. The summed E-state index contributed by atoms with van der Waals surface area (Å²) in [6.45, 7) is 9.17. The van der Waals surface area contributed by atoms with Crippen LogP contribution in [-0.2, 0) is 14.8 Å². The number of nitrogens with zero attached hydrogens (tertiary/aromatic N) is 4. The van der Waals surface area contributed by atoms with Gasteiger partial charge >= 0.3 is 0 Å². The smallest absolute Gasteiger partial charge is 0.260 e. The molecule has 0 aliphatic carbocycles. The predicted octanol–water partition coefficient (Wildman–Crippen LogP) is 4.62. The minimum Gasteiger partial charge on any atom is -0.379 e. The van der Waals surface area contributed by atoms with Gasteiger partial charge in [-0.25, -0.2) is 17.8 Å². The maximum atomic E-state index is 13.8. The molecule has 0 radical (unpaired) electrons. The number of anilines is 1. The van der Waals surface area contributed by atoms with Crippen LogP contribution in [0, 0.1) is 5.82 Å². The van der Waals surface area contributed by atoms with Crippen LogP contribution in [0.25, 0.3) is 10.2 Å². The molecule has 1 aliphatic heterocycles. The molecule has 1 fully saturated rings. The number of benzene rings is 2. The Morgan fingerprint density at radius 3 is 2.39 bits per heavy atom. The first-order valence-electron chi connectivity index (χ1n) is 13.1. The van der Waals surface area contributed by atoms with E-state index in [4.69, 9.17) is 4.74 Å². The van der Waals surface area contributed by atoms with Gasteiger partial charge in [-0.15, -0.1) is 0 Å². The molecule has 0 unspecified atom stereocenters. The molecule has 1 amide bonds. The van der Waals surface area contributed by atoms with Gasteiger partial charge in [0.15, 0.2) is 5.13 Å². The lowest BCUT2D eigenvalue weighted by atomic mass is 10.2. The Bertz CT molecular complexity index is 1320. The van der Waals surface area contributed by atoms with Crippen molar-refractivity contribution in [1.29, 1.82) is 0 Å². The SMILES string of the molecule is CCCN(CCC)S(=O)(=O)c1ccc(C(=O)N(CCCN2CCOCC2)c2nc3ccc(F)cc3s2)cc1. The van der Waals surface area contributed by atoms with Gasteiger partial charge in [0.25, 0.3) is 5.91 Å². The molecule has 1 aromatic heterocycles. The van der Waals surface area contributed by atoms with Crippen LogP contribution in [-0.4, -0.2) is 81.0 Å². The van der Waals surface area contributed by atoms with E-state index in [0.717, 1.165) is 38.9 Å². The van der Waals surface area contributed by atoms with Crippen molar-refractivity contribution in [2.24, 2.45) is 0 Å². The van der Waals surface area contributed by atoms with Crippen molar-refractivity contribution in [3.05, 3.63) is 53.8 Å². The highest BCUT2D eigenvalue weighted by Crippen LogP contribution is 2.31. The van der Waals surface area contributed by atoms with Crippen LogP contribution in [0.2, 0.25) is 0 Å². The molecular formula is C27H35FN4O4S2. The van der Waals surface area contributed by atoms with E-state index in [9.17, 15) is 17.6 Å². The molecule has 11 heteroatoms. The predicted molar refractivity (Wildman–Crippen MR) is 149 cm³/mol. The van der Waals surface area contributed by atoms with Gasteiger partial charge in [-0.1, -0.05) is 25.2 Å². The number of amides is 1. The molecule has 0 N–H and O–H groups in total. The standard InChI is InChI=1S/C27H35FN4O4S2/c1-3-12-31(13-4-2)38(34,35)23-9-6-21(7-10-23)26(33)32(15-5-14-30-16-18-36-19-17-30)27-29-24-11-8-22(28)20-25(24)37-27/h6-11,20H,3-5,12-19H2,1-2H3. The summed E-state index contributed by atoms with van der Waals surface area (Å²) in [5.41, 5.74) is 1.00. The highest BCUT2D eigenvalue weighted by molar-refractivity contribution is 7.89. The quantitative estimate of drug-likeness (QED) is 0.321. The van der Waals surface area contributed by atoms with Gasteiger partial charge in [-0.3, -0.25) is 14.6 Å². The van der Waals surface area contributed by atoms with E-state index >= 15 is 0 Å². The molecule has 0 spiro atoms. The Morgan fingerprint density at radius 2 is 1.74 bits per heavy atom. The van der Waals surface area contributed by atoms with Gasteiger partial charge < -0.3 is 4.74 Å². The molecule has 2 aromatic carbocycles. The van der Waals surface area contributed by atoms with Crippen molar-refractivity contribution in [1.82, 2.24) is 14.2 Å². The molecule has 2 heterocycles. The van der Waals surface area contributed by atoms with Crippen LogP contribution < -0.4 is 4.90 Å². The summed E-state index contributed by atoms with van der Waals surface area (Å²) in [6.07, 6.45) is 2.17. The zero-order valence-electron chi connectivity index (χ0n) is 21.9. The minimum atomic E-state index is -3.64. The van der Waals surface area contributed by atoms with E-state index in [1.54, 1.807) is 23.1 Å². The molecular weight excluding hydrogens is 527 g/mol. The fraction of sp³-hybridized carbons (Fsp3) is 0.481. The van der Waals surface area contributed by atoms with Crippen LogP contribution >= 0.6 is 11.3 Å². The van der Waals surface area contributed by atoms with E-state index in [-0.39, 0.29) is 16.6 Å². The van der Waals surface area contributed by atoms with Gasteiger partial charge in [-0.2, -0.15) is 4.31 Å². The lowest BCUT2D eigenvalue weighted by molar-refractivity contribution is 0.0376. The first kappa shape index (κ1) is 28.6. The summed E-state index contributed by atoms with van der Waals surface area (Å²) in [4.78, 5) is 22.4. The number of fused-ring (bicyclic) bond motifs is 1. The zero-order chi connectivity index (χ0) is 27.1. The molecule has 1 aliphatic rings. The number of hydrogen-bond donors (Lipinski definition) is 0. The monoisotopic (exact) mass is 562 g/mol. The number of sulfonamides is 1. The van der Waals surface area contributed by atoms with Crippen molar-refractivity contribution < 1.29 is 22.3 Å². The number of ether oxygens (including phenoxy) is 1.